The lowest BCUT2D eigenvalue weighted by atomic mass is 10.2. The van der Waals surface area contributed by atoms with Gasteiger partial charge in [0.1, 0.15) is 18.1 Å². The molecule has 0 aliphatic rings. The van der Waals surface area contributed by atoms with Gasteiger partial charge < -0.3 is 9.15 Å². The van der Waals surface area contributed by atoms with Crippen LogP contribution in [-0.4, -0.2) is 36.5 Å². The molecule has 0 saturated heterocycles. The minimum Gasteiger partial charge on any atom is -0.488 e. The Hall–Kier alpha value is -3.31. The van der Waals surface area contributed by atoms with Gasteiger partial charge in [-0.2, -0.15) is 8.42 Å². The van der Waals surface area contributed by atoms with Crippen LogP contribution in [0, 0.1) is 17.0 Å². The summed E-state index contributed by atoms with van der Waals surface area (Å²) in [7, 11) is -3.86. The summed E-state index contributed by atoms with van der Waals surface area (Å²) in [4.78, 5) is 18.0. The summed E-state index contributed by atoms with van der Waals surface area (Å²) in [5, 5.41) is 10.6. The first-order chi connectivity index (χ1) is 13.3. The number of rotatable bonds is 8. The van der Waals surface area contributed by atoms with Crippen molar-refractivity contribution in [3.63, 3.8) is 0 Å². The number of nitro groups is 1. The fraction of sp³-hybridized carbons (Fsp3) is 0.176. The van der Waals surface area contributed by atoms with E-state index in [0.717, 1.165) is 5.56 Å². The lowest BCUT2D eigenvalue weighted by Gasteiger charge is -2.07. The van der Waals surface area contributed by atoms with Crippen molar-refractivity contribution in [2.75, 3.05) is 13.2 Å². The minimum atomic E-state index is -3.86. The van der Waals surface area contributed by atoms with Gasteiger partial charge in [0, 0.05) is 0 Å². The standard InChI is InChI=1S/C17H15N3O7S/c1-12-2-4-14(5-3-12)28(23,24)26-9-8-25-13-10-18-17(19-11-13)15-6-7-16(27-15)20(21)22/h2-7,10-11H,8-9H2,1H3. The van der Waals surface area contributed by atoms with Crippen LogP contribution in [0.1, 0.15) is 5.56 Å². The lowest BCUT2D eigenvalue weighted by Crippen LogP contribution is -2.13. The summed E-state index contributed by atoms with van der Waals surface area (Å²) in [6, 6.07) is 8.89. The van der Waals surface area contributed by atoms with Crippen LogP contribution in [0.4, 0.5) is 5.88 Å². The second kappa shape index (κ2) is 8.15. The van der Waals surface area contributed by atoms with E-state index in [4.69, 9.17) is 13.3 Å². The van der Waals surface area contributed by atoms with Gasteiger partial charge in [0.25, 0.3) is 10.1 Å². The van der Waals surface area contributed by atoms with E-state index in [2.05, 4.69) is 9.97 Å². The molecule has 0 fully saturated rings. The Morgan fingerprint density at radius 1 is 1.07 bits per heavy atom. The highest BCUT2D eigenvalue weighted by Gasteiger charge is 2.16. The van der Waals surface area contributed by atoms with Crippen molar-refractivity contribution < 1.29 is 26.7 Å². The predicted molar refractivity (Wildman–Crippen MR) is 96.2 cm³/mol. The van der Waals surface area contributed by atoms with Gasteiger partial charge in [0.05, 0.1) is 23.4 Å². The third-order valence-electron chi connectivity index (χ3n) is 3.52. The van der Waals surface area contributed by atoms with Gasteiger partial charge in [-0.1, -0.05) is 17.7 Å². The molecule has 0 spiro atoms. The van der Waals surface area contributed by atoms with Gasteiger partial charge in [-0.25, -0.2) is 9.97 Å². The molecule has 3 rings (SSSR count). The van der Waals surface area contributed by atoms with Gasteiger partial charge in [0.2, 0.25) is 0 Å². The molecule has 0 N–H and O–H groups in total. The highest BCUT2D eigenvalue weighted by atomic mass is 32.2. The van der Waals surface area contributed by atoms with Crippen molar-refractivity contribution in [1.82, 2.24) is 9.97 Å². The fourth-order valence-corrected chi connectivity index (χ4v) is 3.03. The third kappa shape index (κ3) is 4.69. The maximum absolute atomic E-state index is 12.0. The first-order valence-electron chi connectivity index (χ1n) is 8.01. The van der Waals surface area contributed by atoms with E-state index in [0.29, 0.717) is 0 Å². The lowest BCUT2D eigenvalue weighted by molar-refractivity contribution is -0.401. The number of hydrogen-bond donors (Lipinski definition) is 0. The molecule has 1 aromatic carbocycles. The normalized spacial score (nSPS) is 11.3. The van der Waals surface area contributed by atoms with E-state index in [1.165, 1.54) is 36.7 Å². The fourth-order valence-electron chi connectivity index (χ4n) is 2.14. The van der Waals surface area contributed by atoms with Crippen molar-refractivity contribution in [3.05, 3.63) is 64.5 Å². The summed E-state index contributed by atoms with van der Waals surface area (Å²) in [5.74, 6) is 0.163. The van der Waals surface area contributed by atoms with Crippen LogP contribution >= 0.6 is 0 Å². The second-order valence-corrected chi connectivity index (χ2v) is 7.19. The number of aromatic nitrogens is 2. The van der Waals surface area contributed by atoms with E-state index in [9.17, 15) is 18.5 Å². The Labute approximate surface area is 160 Å². The van der Waals surface area contributed by atoms with Gasteiger partial charge in [0.15, 0.2) is 17.3 Å². The Morgan fingerprint density at radius 3 is 2.36 bits per heavy atom. The Kier molecular flexibility index (Phi) is 5.66. The molecule has 0 aliphatic heterocycles. The minimum absolute atomic E-state index is 0.0416. The first kappa shape index (κ1) is 19.5. The van der Waals surface area contributed by atoms with Gasteiger partial charge >= 0.3 is 5.88 Å². The number of nitrogens with zero attached hydrogens (tertiary/aromatic N) is 3. The number of hydrogen-bond acceptors (Lipinski definition) is 9. The maximum atomic E-state index is 12.0. The molecule has 146 valence electrons. The third-order valence-corrected chi connectivity index (χ3v) is 4.85. The summed E-state index contributed by atoms with van der Waals surface area (Å²) in [5.41, 5.74) is 0.940. The molecule has 11 heteroatoms. The molecule has 10 nitrogen and oxygen atoms in total. The summed E-state index contributed by atoms with van der Waals surface area (Å²) >= 11 is 0. The van der Waals surface area contributed by atoms with Crippen molar-refractivity contribution in [2.45, 2.75) is 11.8 Å². The number of benzene rings is 1. The zero-order valence-electron chi connectivity index (χ0n) is 14.6. The SMILES string of the molecule is Cc1ccc(S(=O)(=O)OCCOc2cnc(-c3ccc([N+](=O)[O-])o3)nc2)cc1. The number of furan rings is 1. The van der Waals surface area contributed by atoms with E-state index in [-0.39, 0.29) is 35.4 Å². The highest BCUT2D eigenvalue weighted by Crippen LogP contribution is 2.23. The average molecular weight is 405 g/mol. The van der Waals surface area contributed by atoms with E-state index < -0.39 is 20.9 Å². The molecular formula is C17H15N3O7S. The molecule has 0 unspecified atom stereocenters. The molecule has 0 amide bonds. The maximum Gasteiger partial charge on any atom is 0.433 e. The van der Waals surface area contributed by atoms with Gasteiger partial charge in [-0.05, 0) is 25.1 Å². The average Bonchev–Trinajstić information content (AvgIpc) is 3.17. The van der Waals surface area contributed by atoms with Crippen molar-refractivity contribution in [1.29, 1.82) is 0 Å². The monoisotopic (exact) mass is 405 g/mol. The molecule has 28 heavy (non-hydrogen) atoms. The quantitative estimate of drug-likeness (QED) is 0.240. The zero-order chi connectivity index (χ0) is 20.1. The summed E-state index contributed by atoms with van der Waals surface area (Å²) in [6.07, 6.45) is 2.68. The molecule has 3 aromatic rings. The number of aryl methyl sites for hydroxylation is 1. The van der Waals surface area contributed by atoms with Gasteiger partial charge in [-0.15, -0.1) is 0 Å². The van der Waals surface area contributed by atoms with Crippen molar-refractivity contribution >= 4 is 16.0 Å². The topological polar surface area (TPSA) is 135 Å². The van der Waals surface area contributed by atoms with Crippen LogP contribution in [-0.2, 0) is 14.3 Å². The van der Waals surface area contributed by atoms with Crippen LogP contribution in [0.3, 0.4) is 0 Å². The summed E-state index contributed by atoms with van der Waals surface area (Å²) in [6.45, 7) is 1.62. The predicted octanol–water partition coefficient (Wildman–Crippen LogP) is 2.74. The molecule has 2 aromatic heterocycles. The molecule has 0 atom stereocenters. The van der Waals surface area contributed by atoms with E-state index >= 15 is 0 Å². The molecule has 0 aliphatic carbocycles. The highest BCUT2D eigenvalue weighted by molar-refractivity contribution is 7.86. The Balaban J connectivity index is 1.52. The van der Waals surface area contributed by atoms with Crippen molar-refractivity contribution in [2.24, 2.45) is 0 Å². The second-order valence-electron chi connectivity index (χ2n) is 5.57. The van der Waals surface area contributed by atoms with Crippen molar-refractivity contribution in [3.8, 4) is 17.3 Å². The summed E-state index contributed by atoms with van der Waals surface area (Å²) < 4.78 is 39.4. The molecular weight excluding hydrogens is 390 g/mol. The Morgan fingerprint density at radius 2 is 1.75 bits per heavy atom. The van der Waals surface area contributed by atoms with Crippen LogP contribution in [0.15, 0.2) is 58.1 Å². The van der Waals surface area contributed by atoms with Crippen LogP contribution < -0.4 is 4.74 Å². The Bertz CT molecular complexity index is 1060. The van der Waals surface area contributed by atoms with Gasteiger partial charge in [-0.3, -0.25) is 14.3 Å². The molecule has 0 saturated carbocycles. The zero-order valence-corrected chi connectivity index (χ0v) is 15.5. The first-order valence-corrected chi connectivity index (χ1v) is 9.41. The van der Waals surface area contributed by atoms with Crippen LogP contribution in [0.2, 0.25) is 0 Å². The largest absolute Gasteiger partial charge is 0.488 e. The van der Waals surface area contributed by atoms with Crippen LogP contribution in [0.25, 0.3) is 11.6 Å². The number of ether oxygens (including phenoxy) is 1. The molecule has 0 bridgehead atoms. The van der Waals surface area contributed by atoms with Crippen LogP contribution in [0.5, 0.6) is 5.75 Å². The van der Waals surface area contributed by atoms with E-state index in [1.54, 1.807) is 12.1 Å². The smallest absolute Gasteiger partial charge is 0.433 e. The molecule has 0 radical (unpaired) electrons. The molecule has 2 heterocycles. The van der Waals surface area contributed by atoms with E-state index in [1.807, 2.05) is 6.92 Å².